The normalized spacial score (nSPS) is 11.3. The van der Waals surface area contributed by atoms with Crippen LogP contribution in [0.4, 0.5) is 0 Å². The second kappa shape index (κ2) is 7.28. The minimum Gasteiger partial charge on any atom is -0.497 e. The van der Waals surface area contributed by atoms with Crippen molar-refractivity contribution < 1.29 is 9.53 Å². The van der Waals surface area contributed by atoms with Crippen LogP contribution in [0.2, 0.25) is 0 Å². The zero-order valence-corrected chi connectivity index (χ0v) is 12.7. The summed E-state index contributed by atoms with van der Waals surface area (Å²) >= 11 is 0. The van der Waals surface area contributed by atoms with Gasteiger partial charge in [0.1, 0.15) is 5.75 Å². The Morgan fingerprint density at radius 2 is 1.82 bits per heavy atom. The molecule has 112 valence electrons. The molecule has 0 aromatic heterocycles. The fraction of sp³-hybridized carbons (Fsp3) is 0.222. The number of benzene rings is 2. The summed E-state index contributed by atoms with van der Waals surface area (Å²) in [5, 5.41) is 11.8. The predicted octanol–water partition coefficient (Wildman–Crippen LogP) is 3.45. The van der Waals surface area contributed by atoms with Crippen LogP contribution in [0.15, 0.2) is 48.5 Å². The molecule has 0 heterocycles. The van der Waals surface area contributed by atoms with Crippen molar-refractivity contribution in [2.45, 2.75) is 19.4 Å². The molecule has 1 amide bonds. The third-order valence-corrected chi connectivity index (χ3v) is 3.51. The molecule has 0 radical (unpaired) electrons. The van der Waals surface area contributed by atoms with E-state index in [1.54, 1.807) is 31.4 Å². The van der Waals surface area contributed by atoms with Crippen molar-refractivity contribution in [3.8, 4) is 11.8 Å². The van der Waals surface area contributed by atoms with E-state index in [1.807, 2.05) is 37.3 Å². The molecule has 4 heteroatoms. The Labute approximate surface area is 130 Å². The van der Waals surface area contributed by atoms with Crippen LogP contribution in [0.1, 0.15) is 40.9 Å². The zero-order chi connectivity index (χ0) is 15.9. The van der Waals surface area contributed by atoms with Gasteiger partial charge in [0.15, 0.2) is 0 Å². The van der Waals surface area contributed by atoms with Crippen molar-refractivity contribution in [1.29, 1.82) is 5.26 Å². The number of hydrogen-bond donors (Lipinski definition) is 1. The molecule has 1 atom stereocenters. The van der Waals surface area contributed by atoms with Gasteiger partial charge in [-0.15, -0.1) is 0 Å². The maximum atomic E-state index is 12.3. The lowest BCUT2D eigenvalue weighted by atomic mass is 10.0. The van der Waals surface area contributed by atoms with E-state index in [1.165, 1.54) is 0 Å². The minimum atomic E-state index is -0.146. The van der Waals surface area contributed by atoms with Crippen molar-refractivity contribution >= 4 is 5.91 Å². The summed E-state index contributed by atoms with van der Waals surface area (Å²) < 4.78 is 5.14. The van der Waals surface area contributed by atoms with Crippen LogP contribution in [0.5, 0.6) is 5.75 Å². The van der Waals surface area contributed by atoms with Gasteiger partial charge < -0.3 is 10.1 Å². The molecule has 0 aliphatic heterocycles. The number of nitrogens with one attached hydrogen (secondary N) is 1. The number of rotatable bonds is 5. The molecule has 2 aromatic carbocycles. The lowest BCUT2D eigenvalue weighted by Gasteiger charge is -2.18. The van der Waals surface area contributed by atoms with E-state index in [0.717, 1.165) is 17.7 Å². The Balaban J connectivity index is 2.11. The van der Waals surface area contributed by atoms with Crippen LogP contribution < -0.4 is 10.1 Å². The van der Waals surface area contributed by atoms with E-state index >= 15 is 0 Å². The highest BCUT2D eigenvalue weighted by molar-refractivity contribution is 5.94. The molecule has 22 heavy (non-hydrogen) atoms. The van der Waals surface area contributed by atoms with Gasteiger partial charge in [0.2, 0.25) is 0 Å². The number of hydrogen-bond acceptors (Lipinski definition) is 3. The molecule has 2 aromatic rings. The van der Waals surface area contributed by atoms with Crippen LogP contribution in [-0.2, 0) is 0 Å². The van der Waals surface area contributed by atoms with Gasteiger partial charge in [0.05, 0.1) is 24.8 Å². The zero-order valence-electron chi connectivity index (χ0n) is 12.7. The molecule has 4 nitrogen and oxygen atoms in total. The molecule has 0 saturated carbocycles. The second-order valence-corrected chi connectivity index (χ2v) is 4.90. The van der Waals surface area contributed by atoms with E-state index < -0.39 is 0 Å². The molecular weight excluding hydrogens is 276 g/mol. The summed E-state index contributed by atoms with van der Waals surface area (Å²) in [7, 11) is 1.62. The highest BCUT2D eigenvalue weighted by Crippen LogP contribution is 2.20. The average Bonchev–Trinajstić information content (AvgIpc) is 2.59. The van der Waals surface area contributed by atoms with Crippen molar-refractivity contribution in [2.24, 2.45) is 0 Å². The number of carbonyl (C=O) groups excluding carboxylic acids is 1. The Hall–Kier alpha value is -2.80. The first kappa shape index (κ1) is 15.6. The SMILES string of the molecule is CCC(NC(=O)c1ccc(C#N)cc1)c1ccc(OC)cc1. The minimum absolute atomic E-state index is 0.0611. The smallest absolute Gasteiger partial charge is 0.251 e. The Bertz CT molecular complexity index is 670. The number of carbonyl (C=O) groups is 1. The molecule has 0 fully saturated rings. The number of amides is 1. The number of ether oxygens (including phenoxy) is 1. The molecule has 0 aliphatic rings. The van der Waals surface area contributed by atoms with Crippen LogP contribution in [-0.4, -0.2) is 13.0 Å². The average molecular weight is 294 g/mol. The van der Waals surface area contributed by atoms with Gasteiger partial charge >= 0.3 is 0 Å². The second-order valence-electron chi connectivity index (χ2n) is 4.90. The summed E-state index contributed by atoms with van der Waals surface area (Å²) in [5.41, 5.74) is 2.12. The van der Waals surface area contributed by atoms with Gasteiger partial charge in [-0.05, 0) is 48.4 Å². The van der Waals surface area contributed by atoms with Gasteiger partial charge in [-0.25, -0.2) is 0 Å². The summed E-state index contributed by atoms with van der Waals surface area (Å²) in [5.74, 6) is 0.643. The maximum Gasteiger partial charge on any atom is 0.251 e. The van der Waals surface area contributed by atoms with Crippen LogP contribution in [0, 0.1) is 11.3 Å². The molecule has 0 aliphatic carbocycles. The van der Waals surface area contributed by atoms with Gasteiger partial charge in [0.25, 0.3) is 5.91 Å². The monoisotopic (exact) mass is 294 g/mol. The molecule has 0 bridgehead atoms. The van der Waals surface area contributed by atoms with E-state index in [0.29, 0.717) is 11.1 Å². The highest BCUT2D eigenvalue weighted by atomic mass is 16.5. The molecule has 1 unspecified atom stereocenters. The quantitative estimate of drug-likeness (QED) is 0.918. The third-order valence-electron chi connectivity index (χ3n) is 3.51. The van der Waals surface area contributed by atoms with Crippen LogP contribution in [0.3, 0.4) is 0 Å². The number of methoxy groups -OCH3 is 1. The summed E-state index contributed by atoms with van der Waals surface area (Å²) in [4.78, 5) is 12.3. The van der Waals surface area contributed by atoms with E-state index in [4.69, 9.17) is 10.00 Å². The highest BCUT2D eigenvalue weighted by Gasteiger charge is 2.14. The first-order valence-corrected chi connectivity index (χ1v) is 7.13. The molecule has 2 rings (SSSR count). The topological polar surface area (TPSA) is 62.1 Å². The van der Waals surface area contributed by atoms with Crippen molar-refractivity contribution in [2.75, 3.05) is 7.11 Å². The fourth-order valence-electron chi connectivity index (χ4n) is 2.20. The van der Waals surface area contributed by atoms with Gasteiger partial charge in [-0.3, -0.25) is 4.79 Å². The summed E-state index contributed by atoms with van der Waals surface area (Å²) in [6, 6.07) is 16.2. The number of nitrogens with zero attached hydrogens (tertiary/aromatic N) is 1. The Kier molecular flexibility index (Phi) is 5.16. The van der Waals surface area contributed by atoms with Crippen molar-refractivity contribution in [3.05, 3.63) is 65.2 Å². The van der Waals surface area contributed by atoms with Crippen LogP contribution >= 0.6 is 0 Å². The standard InChI is InChI=1S/C18H18N2O2/c1-3-17(14-8-10-16(22-2)11-9-14)20-18(21)15-6-4-13(12-19)5-7-15/h4-11,17H,3H2,1-2H3,(H,20,21). The van der Waals surface area contributed by atoms with Crippen molar-refractivity contribution in [1.82, 2.24) is 5.32 Å². The van der Waals surface area contributed by atoms with E-state index in [9.17, 15) is 4.79 Å². The largest absolute Gasteiger partial charge is 0.497 e. The fourth-order valence-corrected chi connectivity index (χ4v) is 2.20. The van der Waals surface area contributed by atoms with Gasteiger partial charge in [-0.2, -0.15) is 5.26 Å². The van der Waals surface area contributed by atoms with Crippen molar-refractivity contribution in [3.63, 3.8) is 0 Å². The number of nitriles is 1. The predicted molar refractivity (Wildman–Crippen MR) is 84.6 cm³/mol. The Morgan fingerprint density at radius 1 is 1.18 bits per heavy atom. The maximum absolute atomic E-state index is 12.3. The van der Waals surface area contributed by atoms with Gasteiger partial charge in [-0.1, -0.05) is 19.1 Å². The molecular formula is C18H18N2O2. The van der Waals surface area contributed by atoms with Gasteiger partial charge in [0, 0.05) is 5.56 Å². The molecule has 0 saturated heterocycles. The lowest BCUT2D eigenvalue weighted by molar-refractivity contribution is 0.0935. The Morgan fingerprint density at radius 3 is 2.32 bits per heavy atom. The summed E-state index contributed by atoms with van der Waals surface area (Å²) in [6.45, 7) is 2.02. The van der Waals surface area contributed by atoms with E-state index in [2.05, 4.69) is 5.32 Å². The first-order valence-electron chi connectivity index (χ1n) is 7.13. The van der Waals surface area contributed by atoms with Crippen LogP contribution in [0.25, 0.3) is 0 Å². The molecule has 0 spiro atoms. The third kappa shape index (κ3) is 3.64. The van der Waals surface area contributed by atoms with E-state index in [-0.39, 0.29) is 11.9 Å². The summed E-state index contributed by atoms with van der Waals surface area (Å²) in [6.07, 6.45) is 0.786. The first-order chi connectivity index (χ1) is 10.7. The molecule has 1 N–H and O–H groups in total. The lowest BCUT2D eigenvalue weighted by Crippen LogP contribution is -2.28.